The minimum Gasteiger partial charge on any atom is -0.332 e. The van der Waals surface area contributed by atoms with Crippen LogP contribution in [0.5, 0.6) is 0 Å². The van der Waals surface area contributed by atoms with Gasteiger partial charge in [0.1, 0.15) is 0 Å². The Bertz CT molecular complexity index is 965. The lowest BCUT2D eigenvalue weighted by molar-refractivity contribution is 0.0780. The molecule has 1 aliphatic carbocycles. The summed E-state index contributed by atoms with van der Waals surface area (Å²) in [5, 5.41) is 3.30. The van der Waals surface area contributed by atoms with E-state index in [0.29, 0.717) is 19.0 Å². The first-order chi connectivity index (χ1) is 12.8. The maximum Gasteiger partial charge on any atom is 0.256 e. The molecule has 5 rings (SSSR count). The van der Waals surface area contributed by atoms with Gasteiger partial charge in [0.15, 0.2) is 0 Å². The predicted molar refractivity (Wildman–Crippen MR) is 100 cm³/mol. The molecule has 26 heavy (non-hydrogen) atoms. The molecule has 0 bridgehead atoms. The molecule has 0 aromatic carbocycles. The molecule has 5 nitrogen and oxygen atoms in total. The van der Waals surface area contributed by atoms with Crippen LogP contribution in [-0.4, -0.2) is 32.3 Å². The number of pyridine rings is 2. The predicted octanol–water partition coefficient (Wildman–Crippen LogP) is 3.68. The molecule has 0 unspecified atom stereocenters. The SMILES string of the molecule is O=C1c2c(-c3ccncc3)ccnc2CN1CCc1nc(C2CC2)cs1. The quantitative estimate of drug-likeness (QED) is 0.695. The molecule has 4 heterocycles. The largest absolute Gasteiger partial charge is 0.332 e. The standard InChI is InChI=1S/C20H18N4OS/c25-20-19-15(13-3-7-21-8-4-13)5-9-22-16(19)11-24(20)10-6-18-23-17(12-26-18)14-1-2-14/h3-5,7-9,12,14H,1-2,6,10-11H2. The third-order valence-electron chi connectivity index (χ3n) is 5.02. The summed E-state index contributed by atoms with van der Waals surface area (Å²) in [6.45, 7) is 1.26. The van der Waals surface area contributed by atoms with Gasteiger partial charge >= 0.3 is 0 Å². The van der Waals surface area contributed by atoms with Crippen LogP contribution in [0.1, 0.15) is 45.5 Å². The maximum absolute atomic E-state index is 13.0. The Morgan fingerprint density at radius 3 is 2.81 bits per heavy atom. The highest BCUT2D eigenvalue weighted by molar-refractivity contribution is 7.09. The second-order valence-electron chi connectivity index (χ2n) is 6.83. The molecule has 0 N–H and O–H groups in total. The van der Waals surface area contributed by atoms with Crippen molar-refractivity contribution in [3.63, 3.8) is 0 Å². The van der Waals surface area contributed by atoms with Crippen molar-refractivity contribution in [3.05, 3.63) is 64.1 Å². The van der Waals surface area contributed by atoms with Crippen molar-refractivity contribution in [2.75, 3.05) is 6.54 Å². The summed E-state index contributed by atoms with van der Waals surface area (Å²) in [5.74, 6) is 0.753. The van der Waals surface area contributed by atoms with Crippen LogP contribution in [0.2, 0.25) is 0 Å². The van der Waals surface area contributed by atoms with Crippen molar-refractivity contribution in [3.8, 4) is 11.1 Å². The topological polar surface area (TPSA) is 59.0 Å². The molecular formula is C20H18N4OS. The van der Waals surface area contributed by atoms with Gasteiger partial charge in [0.2, 0.25) is 0 Å². The van der Waals surface area contributed by atoms with E-state index in [-0.39, 0.29) is 5.91 Å². The van der Waals surface area contributed by atoms with Crippen LogP contribution in [-0.2, 0) is 13.0 Å². The number of amides is 1. The van der Waals surface area contributed by atoms with Crippen LogP contribution in [0.15, 0.2) is 42.2 Å². The Balaban J connectivity index is 1.35. The molecule has 2 aliphatic rings. The van der Waals surface area contributed by atoms with Gasteiger partial charge in [-0.1, -0.05) is 0 Å². The summed E-state index contributed by atoms with van der Waals surface area (Å²) in [6, 6.07) is 5.78. The first-order valence-corrected chi connectivity index (χ1v) is 9.79. The van der Waals surface area contributed by atoms with Crippen molar-refractivity contribution in [2.24, 2.45) is 0 Å². The fraction of sp³-hybridized carbons (Fsp3) is 0.300. The molecule has 3 aromatic heterocycles. The van der Waals surface area contributed by atoms with Crippen LogP contribution >= 0.6 is 11.3 Å². The van der Waals surface area contributed by atoms with Crippen LogP contribution in [0, 0.1) is 0 Å². The lowest BCUT2D eigenvalue weighted by Crippen LogP contribution is -2.26. The second-order valence-corrected chi connectivity index (χ2v) is 7.78. The van der Waals surface area contributed by atoms with Gasteiger partial charge in [0, 0.05) is 42.9 Å². The summed E-state index contributed by atoms with van der Waals surface area (Å²) in [6.07, 6.45) is 8.63. The summed E-state index contributed by atoms with van der Waals surface area (Å²) >= 11 is 1.71. The molecule has 0 radical (unpaired) electrons. The molecule has 0 saturated heterocycles. The van der Waals surface area contributed by atoms with Crippen molar-refractivity contribution in [2.45, 2.75) is 31.7 Å². The number of hydrogen-bond donors (Lipinski definition) is 0. The van der Waals surface area contributed by atoms with Gasteiger partial charge in [0.05, 0.1) is 28.5 Å². The smallest absolute Gasteiger partial charge is 0.256 e. The molecule has 1 amide bonds. The number of hydrogen-bond acceptors (Lipinski definition) is 5. The van der Waals surface area contributed by atoms with E-state index in [2.05, 4.69) is 15.3 Å². The summed E-state index contributed by atoms with van der Waals surface area (Å²) < 4.78 is 0. The van der Waals surface area contributed by atoms with E-state index in [4.69, 9.17) is 4.98 Å². The number of carbonyl (C=O) groups is 1. The second kappa shape index (κ2) is 6.29. The van der Waals surface area contributed by atoms with Crippen molar-refractivity contribution < 1.29 is 4.79 Å². The average Bonchev–Trinajstić information content (AvgIpc) is 3.34. The van der Waals surface area contributed by atoms with E-state index in [9.17, 15) is 4.79 Å². The molecule has 1 aliphatic heterocycles. The highest BCUT2D eigenvalue weighted by Crippen LogP contribution is 2.40. The number of aromatic nitrogens is 3. The normalized spacial score (nSPS) is 16.2. The summed E-state index contributed by atoms with van der Waals surface area (Å²) in [7, 11) is 0. The monoisotopic (exact) mass is 362 g/mol. The van der Waals surface area contributed by atoms with E-state index >= 15 is 0 Å². The molecule has 1 fully saturated rings. The van der Waals surface area contributed by atoms with Crippen molar-refractivity contribution >= 4 is 17.2 Å². The number of nitrogens with zero attached hydrogens (tertiary/aromatic N) is 4. The van der Waals surface area contributed by atoms with Crippen molar-refractivity contribution in [1.82, 2.24) is 19.9 Å². The number of thiazole rings is 1. The van der Waals surface area contributed by atoms with Gasteiger partial charge in [0.25, 0.3) is 5.91 Å². The maximum atomic E-state index is 13.0. The Kier molecular flexibility index (Phi) is 3.78. The third-order valence-corrected chi connectivity index (χ3v) is 5.95. The highest BCUT2D eigenvalue weighted by atomic mass is 32.1. The number of fused-ring (bicyclic) bond motifs is 1. The van der Waals surface area contributed by atoms with Gasteiger partial charge in [-0.2, -0.15) is 0 Å². The van der Waals surface area contributed by atoms with E-state index in [0.717, 1.165) is 33.8 Å². The van der Waals surface area contributed by atoms with Crippen LogP contribution in [0.3, 0.4) is 0 Å². The van der Waals surface area contributed by atoms with E-state index < -0.39 is 0 Å². The first-order valence-electron chi connectivity index (χ1n) is 8.91. The minimum atomic E-state index is 0.0684. The van der Waals surface area contributed by atoms with Gasteiger partial charge in [-0.25, -0.2) is 4.98 Å². The van der Waals surface area contributed by atoms with Crippen LogP contribution in [0.4, 0.5) is 0 Å². The minimum absolute atomic E-state index is 0.0684. The van der Waals surface area contributed by atoms with Crippen LogP contribution < -0.4 is 0 Å². The molecule has 6 heteroatoms. The Hall–Kier alpha value is -2.60. The molecule has 1 saturated carbocycles. The Morgan fingerprint density at radius 1 is 1.15 bits per heavy atom. The summed E-state index contributed by atoms with van der Waals surface area (Å²) in [5.41, 5.74) is 4.78. The van der Waals surface area contributed by atoms with Crippen LogP contribution in [0.25, 0.3) is 11.1 Å². The van der Waals surface area contributed by atoms with E-state index in [1.54, 1.807) is 29.9 Å². The fourth-order valence-electron chi connectivity index (χ4n) is 3.46. The molecule has 0 spiro atoms. The van der Waals surface area contributed by atoms with E-state index in [1.165, 1.54) is 18.5 Å². The zero-order valence-corrected chi connectivity index (χ0v) is 15.1. The average molecular weight is 362 g/mol. The van der Waals surface area contributed by atoms with Crippen molar-refractivity contribution in [1.29, 1.82) is 0 Å². The molecule has 3 aromatic rings. The Morgan fingerprint density at radius 2 is 2.00 bits per heavy atom. The number of carbonyl (C=O) groups excluding carboxylic acids is 1. The zero-order chi connectivity index (χ0) is 17.5. The van der Waals surface area contributed by atoms with Gasteiger partial charge in [-0.05, 0) is 42.2 Å². The number of rotatable bonds is 5. The first kappa shape index (κ1) is 15.6. The summed E-state index contributed by atoms with van der Waals surface area (Å²) in [4.78, 5) is 28.1. The van der Waals surface area contributed by atoms with Gasteiger partial charge in [-0.3, -0.25) is 14.8 Å². The molecule has 130 valence electrons. The lowest BCUT2D eigenvalue weighted by Gasteiger charge is -2.14. The molecule has 0 atom stereocenters. The highest BCUT2D eigenvalue weighted by Gasteiger charge is 2.31. The van der Waals surface area contributed by atoms with E-state index in [1.807, 2.05) is 23.1 Å². The Labute approximate surface area is 155 Å². The van der Waals surface area contributed by atoms with Gasteiger partial charge < -0.3 is 4.90 Å². The zero-order valence-electron chi connectivity index (χ0n) is 14.3. The third kappa shape index (κ3) is 2.80. The lowest BCUT2D eigenvalue weighted by atomic mass is 10.0. The van der Waals surface area contributed by atoms with Gasteiger partial charge in [-0.15, -0.1) is 11.3 Å². The fourth-order valence-corrected chi connectivity index (χ4v) is 4.33. The molecular weight excluding hydrogens is 344 g/mol.